The number of aromatic nitrogens is 2. The number of carbonyl (C=O) groups is 1. The number of hydrogen-bond donors (Lipinski definition) is 1. The van der Waals surface area contributed by atoms with Crippen molar-refractivity contribution in [2.45, 2.75) is 6.42 Å². The van der Waals surface area contributed by atoms with Gasteiger partial charge >= 0.3 is 0 Å². The number of carbonyl (C=O) groups excluding carboxylic acids is 1. The van der Waals surface area contributed by atoms with Crippen molar-refractivity contribution in [3.8, 4) is 5.75 Å². The van der Waals surface area contributed by atoms with Crippen molar-refractivity contribution in [2.24, 2.45) is 0 Å². The van der Waals surface area contributed by atoms with Crippen molar-refractivity contribution in [1.29, 1.82) is 0 Å². The van der Waals surface area contributed by atoms with E-state index in [1.165, 1.54) is 12.3 Å². The van der Waals surface area contributed by atoms with E-state index in [1.54, 1.807) is 35.9 Å². The molecule has 0 spiro atoms. The van der Waals surface area contributed by atoms with E-state index in [9.17, 15) is 9.18 Å². The van der Waals surface area contributed by atoms with Gasteiger partial charge in [0.15, 0.2) is 0 Å². The highest BCUT2D eigenvalue weighted by Crippen LogP contribution is 2.23. The third-order valence-electron chi connectivity index (χ3n) is 3.19. The molecule has 112 valence electrons. The lowest BCUT2D eigenvalue weighted by molar-refractivity contribution is -0.115. The number of imidazole rings is 1. The highest BCUT2D eigenvalue weighted by molar-refractivity contribution is 5.93. The maximum Gasteiger partial charge on any atom is 0.230 e. The number of rotatable bonds is 4. The molecule has 1 aromatic carbocycles. The molecule has 0 saturated carbocycles. The van der Waals surface area contributed by atoms with Crippen LogP contribution in [0.15, 0.2) is 48.8 Å². The molecule has 0 atom stereocenters. The molecule has 6 heteroatoms. The van der Waals surface area contributed by atoms with Crippen LogP contribution in [0.1, 0.15) is 5.69 Å². The van der Waals surface area contributed by atoms with Crippen LogP contribution in [-0.2, 0) is 11.2 Å². The fraction of sp³-hybridized carbons (Fsp3) is 0.125. The van der Waals surface area contributed by atoms with Gasteiger partial charge in [-0.2, -0.15) is 0 Å². The second-order valence-electron chi connectivity index (χ2n) is 4.77. The van der Waals surface area contributed by atoms with E-state index in [2.05, 4.69) is 10.3 Å². The lowest BCUT2D eigenvalue weighted by atomic mass is 10.2. The second-order valence-corrected chi connectivity index (χ2v) is 4.77. The van der Waals surface area contributed by atoms with Crippen molar-refractivity contribution < 1.29 is 13.9 Å². The number of anilines is 1. The minimum atomic E-state index is -0.352. The summed E-state index contributed by atoms with van der Waals surface area (Å²) in [6.07, 6.45) is 3.06. The molecular weight excluding hydrogens is 285 g/mol. The first-order valence-electron chi connectivity index (χ1n) is 6.72. The molecule has 5 nitrogen and oxygen atoms in total. The van der Waals surface area contributed by atoms with Crippen LogP contribution in [0.4, 0.5) is 10.1 Å². The summed E-state index contributed by atoms with van der Waals surface area (Å²) < 4.78 is 19.9. The van der Waals surface area contributed by atoms with Crippen LogP contribution in [0.5, 0.6) is 5.75 Å². The third kappa shape index (κ3) is 2.90. The van der Waals surface area contributed by atoms with Crippen molar-refractivity contribution in [3.63, 3.8) is 0 Å². The van der Waals surface area contributed by atoms with E-state index < -0.39 is 0 Å². The minimum Gasteiger partial charge on any atom is -0.495 e. The van der Waals surface area contributed by atoms with Gasteiger partial charge in [-0.25, -0.2) is 9.37 Å². The Bertz CT molecular complexity index is 829. The topological polar surface area (TPSA) is 55.6 Å². The average molecular weight is 299 g/mol. The number of amides is 1. The van der Waals surface area contributed by atoms with Crippen LogP contribution in [-0.4, -0.2) is 22.4 Å². The van der Waals surface area contributed by atoms with E-state index in [4.69, 9.17) is 4.74 Å². The number of pyridine rings is 1. The van der Waals surface area contributed by atoms with Crippen molar-refractivity contribution in [3.05, 3.63) is 60.3 Å². The van der Waals surface area contributed by atoms with Gasteiger partial charge in [-0.3, -0.25) is 4.79 Å². The predicted octanol–water partition coefficient (Wildman–Crippen LogP) is 2.66. The maximum atomic E-state index is 13.1. The molecule has 22 heavy (non-hydrogen) atoms. The van der Waals surface area contributed by atoms with E-state index in [0.717, 1.165) is 0 Å². The Hall–Kier alpha value is -2.89. The van der Waals surface area contributed by atoms with Gasteiger partial charge in [-0.1, -0.05) is 12.1 Å². The number of hydrogen-bond acceptors (Lipinski definition) is 3. The van der Waals surface area contributed by atoms with Crippen LogP contribution in [0.2, 0.25) is 0 Å². The number of nitrogens with one attached hydrogen (secondary N) is 1. The normalized spacial score (nSPS) is 10.6. The average Bonchev–Trinajstić information content (AvgIpc) is 2.88. The largest absolute Gasteiger partial charge is 0.495 e. The molecule has 0 aliphatic heterocycles. The molecule has 1 N–H and O–H groups in total. The summed E-state index contributed by atoms with van der Waals surface area (Å²) in [5, 5.41) is 2.78. The zero-order valence-electron chi connectivity index (χ0n) is 11.9. The fourth-order valence-electron chi connectivity index (χ4n) is 2.21. The summed E-state index contributed by atoms with van der Waals surface area (Å²) >= 11 is 0. The summed E-state index contributed by atoms with van der Waals surface area (Å²) in [6.45, 7) is 0. The zero-order chi connectivity index (χ0) is 15.5. The number of para-hydroxylation sites is 2. The zero-order valence-corrected chi connectivity index (χ0v) is 11.9. The van der Waals surface area contributed by atoms with E-state index in [-0.39, 0.29) is 18.1 Å². The van der Waals surface area contributed by atoms with Gasteiger partial charge in [0.1, 0.15) is 17.2 Å². The Morgan fingerprint density at radius 2 is 2.09 bits per heavy atom. The van der Waals surface area contributed by atoms with Gasteiger partial charge in [0.05, 0.1) is 24.9 Å². The van der Waals surface area contributed by atoms with Crippen molar-refractivity contribution >= 4 is 17.2 Å². The van der Waals surface area contributed by atoms with Crippen LogP contribution >= 0.6 is 0 Å². The molecule has 0 aliphatic rings. The van der Waals surface area contributed by atoms with Crippen LogP contribution < -0.4 is 10.1 Å². The lowest BCUT2D eigenvalue weighted by Crippen LogP contribution is -2.15. The first kappa shape index (κ1) is 14.1. The molecule has 0 aliphatic carbocycles. The predicted molar refractivity (Wildman–Crippen MR) is 80.5 cm³/mol. The Labute approximate surface area is 126 Å². The number of benzene rings is 1. The number of ether oxygens (including phenoxy) is 1. The van der Waals surface area contributed by atoms with Gasteiger partial charge in [0, 0.05) is 12.4 Å². The summed E-state index contributed by atoms with van der Waals surface area (Å²) in [6, 6.07) is 10.1. The molecule has 3 aromatic rings. The summed E-state index contributed by atoms with van der Waals surface area (Å²) in [5.74, 6) is 0.0243. The summed E-state index contributed by atoms with van der Waals surface area (Å²) in [4.78, 5) is 16.4. The van der Waals surface area contributed by atoms with Crippen LogP contribution in [0.3, 0.4) is 0 Å². The highest BCUT2D eigenvalue weighted by atomic mass is 19.1. The quantitative estimate of drug-likeness (QED) is 0.806. The standard InChI is InChI=1S/C16H14FN3O2/c1-22-14-5-3-2-4-13(14)19-16(21)8-12-10-20-9-11(17)6-7-15(20)18-12/h2-7,9-10H,8H2,1H3,(H,19,21). The fourth-order valence-corrected chi connectivity index (χ4v) is 2.21. The molecule has 2 heterocycles. The van der Waals surface area contributed by atoms with Crippen molar-refractivity contribution in [2.75, 3.05) is 12.4 Å². The molecule has 0 unspecified atom stereocenters. The van der Waals surface area contributed by atoms with Gasteiger partial charge in [0.2, 0.25) is 5.91 Å². The van der Waals surface area contributed by atoms with Crippen LogP contribution in [0.25, 0.3) is 5.65 Å². The van der Waals surface area contributed by atoms with Gasteiger partial charge in [-0.15, -0.1) is 0 Å². The molecule has 0 fully saturated rings. The Morgan fingerprint density at radius 3 is 2.91 bits per heavy atom. The Morgan fingerprint density at radius 1 is 1.27 bits per heavy atom. The summed E-state index contributed by atoms with van der Waals surface area (Å²) in [5.41, 5.74) is 1.77. The van der Waals surface area contributed by atoms with E-state index in [0.29, 0.717) is 22.8 Å². The van der Waals surface area contributed by atoms with Gasteiger partial charge < -0.3 is 14.5 Å². The third-order valence-corrected chi connectivity index (χ3v) is 3.19. The summed E-state index contributed by atoms with van der Waals surface area (Å²) in [7, 11) is 1.54. The maximum absolute atomic E-state index is 13.1. The SMILES string of the molecule is COc1ccccc1NC(=O)Cc1cn2cc(F)ccc2n1. The Balaban J connectivity index is 1.75. The first-order chi connectivity index (χ1) is 10.7. The van der Waals surface area contributed by atoms with Crippen LogP contribution in [0, 0.1) is 5.82 Å². The monoisotopic (exact) mass is 299 g/mol. The highest BCUT2D eigenvalue weighted by Gasteiger charge is 2.10. The number of halogens is 1. The number of fused-ring (bicyclic) bond motifs is 1. The van der Waals surface area contributed by atoms with Crippen molar-refractivity contribution in [1.82, 2.24) is 9.38 Å². The molecule has 3 rings (SSSR count). The van der Waals surface area contributed by atoms with E-state index in [1.807, 2.05) is 12.1 Å². The molecule has 1 amide bonds. The van der Waals surface area contributed by atoms with Gasteiger partial charge in [-0.05, 0) is 24.3 Å². The van der Waals surface area contributed by atoms with E-state index >= 15 is 0 Å². The lowest BCUT2D eigenvalue weighted by Gasteiger charge is -2.08. The smallest absolute Gasteiger partial charge is 0.230 e. The number of nitrogens with zero attached hydrogens (tertiary/aromatic N) is 2. The molecular formula is C16H14FN3O2. The number of methoxy groups -OCH3 is 1. The second kappa shape index (κ2) is 5.85. The molecule has 0 bridgehead atoms. The Kier molecular flexibility index (Phi) is 3.74. The minimum absolute atomic E-state index is 0.0986. The molecule has 0 saturated heterocycles. The first-order valence-corrected chi connectivity index (χ1v) is 6.72. The molecule has 2 aromatic heterocycles. The molecule has 0 radical (unpaired) electrons. The van der Waals surface area contributed by atoms with Gasteiger partial charge in [0.25, 0.3) is 0 Å².